The third-order valence-electron chi connectivity index (χ3n) is 2.00. The zero-order valence-corrected chi connectivity index (χ0v) is 8.79. The van der Waals surface area contributed by atoms with Gasteiger partial charge in [-0.1, -0.05) is 25.8 Å². The summed E-state index contributed by atoms with van der Waals surface area (Å²) in [5.41, 5.74) is 0.964. The van der Waals surface area contributed by atoms with Gasteiger partial charge in [0.05, 0.1) is 12.7 Å². The van der Waals surface area contributed by atoms with E-state index in [0.717, 1.165) is 12.0 Å². The molecule has 0 spiro atoms. The molecule has 0 aromatic rings. The fourth-order valence-corrected chi connectivity index (χ4v) is 1.29. The third-order valence-corrected chi connectivity index (χ3v) is 2.00. The summed E-state index contributed by atoms with van der Waals surface area (Å²) in [6.07, 6.45) is 6.98. The topological polar surface area (TPSA) is 40.5 Å². The van der Waals surface area contributed by atoms with Crippen LogP contribution in [0.15, 0.2) is 11.6 Å². The van der Waals surface area contributed by atoms with Gasteiger partial charge < -0.3 is 10.2 Å². The fourth-order valence-electron chi connectivity index (χ4n) is 1.29. The maximum Gasteiger partial charge on any atom is 0.0642 e. The summed E-state index contributed by atoms with van der Waals surface area (Å²) in [5, 5.41) is 18.1. The summed E-state index contributed by atoms with van der Waals surface area (Å²) < 4.78 is 0. The molecule has 2 heteroatoms. The van der Waals surface area contributed by atoms with Crippen LogP contribution in [0.2, 0.25) is 0 Å². The van der Waals surface area contributed by atoms with Crippen molar-refractivity contribution >= 4 is 0 Å². The molecule has 0 radical (unpaired) electrons. The predicted octanol–water partition coefficient (Wildman–Crippen LogP) is 2.26. The first-order valence-corrected chi connectivity index (χ1v) is 5.17. The van der Waals surface area contributed by atoms with Gasteiger partial charge >= 0.3 is 0 Å². The lowest BCUT2D eigenvalue weighted by Gasteiger charge is -2.06. The van der Waals surface area contributed by atoms with E-state index < -0.39 is 0 Å². The van der Waals surface area contributed by atoms with E-state index in [2.05, 4.69) is 13.0 Å². The second-order valence-electron chi connectivity index (χ2n) is 3.57. The summed E-state index contributed by atoms with van der Waals surface area (Å²) in [7, 11) is 0. The molecule has 0 saturated carbocycles. The van der Waals surface area contributed by atoms with E-state index in [9.17, 15) is 0 Å². The van der Waals surface area contributed by atoms with Crippen molar-refractivity contribution in [1.82, 2.24) is 0 Å². The van der Waals surface area contributed by atoms with E-state index in [1.807, 2.05) is 0 Å². The maximum absolute atomic E-state index is 9.10. The maximum atomic E-state index is 9.10. The van der Waals surface area contributed by atoms with Crippen molar-refractivity contribution in [3.8, 4) is 0 Å². The van der Waals surface area contributed by atoms with Crippen LogP contribution in [-0.4, -0.2) is 22.9 Å². The van der Waals surface area contributed by atoms with Crippen LogP contribution in [0.25, 0.3) is 0 Å². The van der Waals surface area contributed by atoms with E-state index in [1.54, 1.807) is 6.92 Å². The Morgan fingerprint density at radius 2 is 2.08 bits per heavy atom. The molecule has 0 fully saturated rings. The average Bonchev–Trinajstić information content (AvgIpc) is 2.09. The van der Waals surface area contributed by atoms with Crippen molar-refractivity contribution in [2.75, 3.05) is 6.61 Å². The second kappa shape index (κ2) is 8.27. The van der Waals surface area contributed by atoms with Gasteiger partial charge in [-0.15, -0.1) is 0 Å². The van der Waals surface area contributed by atoms with E-state index in [1.165, 1.54) is 19.3 Å². The SMILES string of the molecule is CCCCC/C=C(/CO)CC(C)O. The number of allylic oxidation sites excluding steroid dienone is 1. The minimum absolute atomic E-state index is 0.0804. The fraction of sp³-hybridized carbons (Fsp3) is 0.818. The Morgan fingerprint density at radius 3 is 2.54 bits per heavy atom. The van der Waals surface area contributed by atoms with Crippen LogP contribution >= 0.6 is 0 Å². The molecule has 1 atom stereocenters. The highest BCUT2D eigenvalue weighted by atomic mass is 16.3. The number of rotatable bonds is 7. The van der Waals surface area contributed by atoms with Crippen LogP contribution in [0.5, 0.6) is 0 Å². The third kappa shape index (κ3) is 8.00. The van der Waals surface area contributed by atoms with Crippen LogP contribution in [0.3, 0.4) is 0 Å². The van der Waals surface area contributed by atoms with E-state index >= 15 is 0 Å². The molecule has 13 heavy (non-hydrogen) atoms. The van der Waals surface area contributed by atoms with Gasteiger partial charge in [-0.2, -0.15) is 0 Å². The monoisotopic (exact) mass is 186 g/mol. The largest absolute Gasteiger partial charge is 0.393 e. The normalized spacial score (nSPS) is 14.6. The van der Waals surface area contributed by atoms with Gasteiger partial charge in [0.15, 0.2) is 0 Å². The van der Waals surface area contributed by atoms with Gasteiger partial charge in [-0.3, -0.25) is 0 Å². The molecule has 2 N–H and O–H groups in total. The van der Waals surface area contributed by atoms with Crippen molar-refractivity contribution in [2.45, 2.75) is 52.1 Å². The zero-order valence-electron chi connectivity index (χ0n) is 8.79. The minimum atomic E-state index is -0.343. The molecule has 0 aliphatic rings. The molecular weight excluding hydrogens is 164 g/mol. The number of unbranched alkanes of at least 4 members (excludes halogenated alkanes) is 3. The summed E-state index contributed by atoms with van der Waals surface area (Å²) in [5.74, 6) is 0. The van der Waals surface area contributed by atoms with Crippen LogP contribution < -0.4 is 0 Å². The highest BCUT2D eigenvalue weighted by Gasteiger charge is 2.00. The second-order valence-corrected chi connectivity index (χ2v) is 3.57. The van der Waals surface area contributed by atoms with Gasteiger partial charge in [0.25, 0.3) is 0 Å². The van der Waals surface area contributed by atoms with Gasteiger partial charge in [-0.05, 0) is 31.8 Å². The number of aliphatic hydroxyl groups is 2. The molecule has 0 aliphatic heterocycles. The zero-order chi connectivity index (χ0) is 10.1. The van der Waals surface area contributed by atoms with Gasteiger partial charge in [0.2, 0.25) is 0 Å². The minimum Gasteiger partial charge on any atom is -0.393 e. The smallest absolute Gasteiger partial charge is 0.0642 e. The summed E-state index contributed by atoms with van der Waals surface area (Å²) in [6, 6.07) is 0. The summed E-state index contributed by atoms with van der Waals surface area (Å²) in [4.78, 5) is 0. The van der Waals surface area contributed by atoms with E-state index in [4.69, 9.17) is 10.2 Å². The first-order chi connectivity index (χ1) is 6.20. The highest BCUT2D eigenvalue weighted by molar-refractivity contribution is 5.03. The van der Waals surface area contributed by atoms with Crippen LogP contribution in [0.1, 0.15) is 46.0 Å². The summed E-state index contributed by atoms with van der Waals surface area (Å²) >= 11 is 0. The molecule has 78 valence electrons. The first kappa shape index (κ1) is 12.7. The Kier molecular flexibility index (Phi) is 8.05. The average molecular weight is 186 g/mol. The summed E-state index contributed by atoms with van der Waals surface area (Å²) in [6.45, 7) is 4.00. The number of hydrogen-bond acceptors (Lipinski definition) is 2. The molecule has 2 nitrogen and oxygen atoms in total. The molecule has 1 unspecified atom stereocenters. The van der Waals surface area contributed by atoms with Gasteiger partial charge in [0, 0.05) is 0 Å². The predicted molar refractivity (Wildman–Crippen MR) is 55.6 cm³/mol. The Balaban J connectivity index is 3.65. The highest BCUT2D eigenvalue weighted by Crippen LogP contribution is 2.08. The van der Waals surface area contributed by atoms with Crippen molar-refractivity contribution in [3.05, 3.63) is 11.6 Å². The Morgan fingerprint density at radius 1 is 1.38 bits per heavy atom. The Hall–Kier alpha value is -0.340. The molecule has 0 aromatic carbocycles. The van der Waals surface area contributed by atoms with Crippen LogP contribution in [0, 0.1) is 0 Å². The van der Waals surface area contributed by atoms with Crippen molar-refractivity contribution in [1.29, 1.82) is 0 Å². The first-order valence-electron chi connectivity index (χ1n) is 5.17. The molecule has 0 aromatic heterocycles. The van der Waals surface area contributed by atoms with Crippen molar-refractivity contribution in [2.24, 2.45) is 0 Å². The van der Waals surface area contributed by atoms with Crippen LogP contribution in [-0.2, 0) is 0 Å². The lowest BCUT2D eigenvalue weighted by molar-refractivity contribution is 0.188. The van der Waals surface area contributed by atoms with Crippen molar-refractivity contribution in [3.63, 3.8) is 0 Å². The lowest BCUT2D eigenvalue weighted by Crippen LogP contribution is -2.04. The molecule has 0 saturated heterocycles. The number of hydrogen-bond donors (Lipinski definition) is 2. The quantitative estimate of drug-likeness (QED) is 0.473. The molecule has 0 bridgehead atoms. The van der Waals surface area contributed by atoms with Crippen molar-refractivity contribution < 1.29 is 10.2 Å². The standard InChI is InChI=1S/C11H22O2/c1-3-4-5-6-7-11(9-12)8-10(2)13/h7,10,12-13H,3-6,8-9H2,1-2H3/b11-7+. The molecule has 0 amide bonds. The molecule has 0 rings (SSSR count). The molecule has 0 aliphatic carbocycles. The van der Waals surface area contributed by atoms with E-state index in [0.29, 0.717) is 6.42 Å². The van der Waals surface area contributed by atoms with Crippen LogP contribution in [0.4, 0.5) is 0 Å². The lowest BCUT2D eigenvalue weighted by atomic mass is 10.1. The van der Waals surface area contributed by atoms with Gasteiger partial charge in [-0.25, -0.2) is 0 Å². The number of aliphatic hydroxyl groups excluding tert-OH is 2. The van der Waals surface area contributed by atoms with E-state index in [-0.39, 0.29) is 12.7 Å². The Labute approximate surface area is 81.3 Å². The van der Waals surface area contributed by atoms with Gasteiger partial charge in [0.1, 0.15) is 0 Å². The molecule has 0 heterocycles. The Bertz CT molecular complexity index is 139. The molecular formula is C11H22O2.